The second-order valence-corrected chi connectivity index (χ2v) is 2.34. The quantitative estimate of drug-likeness (QED) is 0.556. The highest BCUT2D eigenvalue weighted by Crippen LogP contribution is 1.88. The Hall–Kier alpha value is -0.370. The van der Waals surface area contributed by atoms with Crippen LogP contribution < -0.4 is 0 Å². The third-order valence-corrected chi connectivity index (χ3v) is 1.12. The molecule has 0 spiro atoms. The molecule has 0 aromatic rings. The molecule has 0 unspecified atom stereocenters. The second kappa shape index (κ2) is 4.50. The normalized spacial score (nSPS) is 10.2. The van der Waals surface area contributed by atoms with Crippen LogP contribution in [0.4, 0.5) is 0 Å². The summed E-state index contributed by atoms with van der Waals surface area (Å²) in [6.45, 7) is 4.34. The molecule has 0 aliphatic carbocycles. The summed E-state index contributed by atoms with van der Waals surface area (Å²) in [7, 11) is 3.91. The first-order valence-corrected chi connectivity index (χ1v) is 3.12. The van der Waals surface area contributed by atoms with Crippen molar-refractivity contribution in [3.8, 4) is 0 Å². The third-order valence-electron chi connectivity index (χ3n) is 1.12. The number of nitrogens with zero attached hydrogens (tertiary/aromatic N) is 1. The largest absolute Gasteiger partial charge is 0.309 e. The van der Waals surface area contributed by atoms with E-state index in [9.17, 15) is 4.79 Å². The van der Waals surface area contributed by atoms with E-state index in [4.69, 9.17) is 0 Å². The number of ketones is 1. The van der Waals surface area contributed by atoms with E-state index in [0.717, 1.165) is 6.54 Å². The zero-order valence-electron chi connectivity index (χ0n) is 6.18. The Morgan fingerprint density at radius 1 is 1.56 bits per heavy atom. The van der Waals surface area contributed by atoms with Crippen LogP contribution in [-0.4, -0.2) is 31.3 Å². The minimum atomic E-state index is 0.240. The molecule has 0 aromatic carbocycles. The summed E-state index contributed by atoms with van der Waals surface area (Å²) < 4.78 is 0. The number of Topliss-reactive ketones (excluding diaryl/α,β-unsaturated/α-hetero) is 1. The molecule has 0 saturated carbocycles. The summed E-state index contributed by atoms with van der Waals surface area (Å²) in [5.74, 6) is 0.240. The fourth-order valence-corrected chi connectivity index (χ4v) is 0.473. The predicted octanol–water partition coefficient (Wildman–Crippen LogP) is 0.731. The van der Waals surface area contributed by atoms with Gasteiger partial charge in [0.15, 0.2) is 0 Å². The lowest BCUT2D eigenvalue weighted by molar-refractivity contribution is -0.118. The van der Waals surface area contributed by atoms with Crippen molar-refractivity contribution in [2.75, 3.05) is 20.6 Å². The molecule has 0 amide bonds. The lowest BCUT2D eigenvalue weighted by Crippen LogP contribution is -2.16. The van der Waals surface area contributed by atoms with Crippen LogP contribution in [-0.2, 0) is 4.79 Å². The number of carbonyl (C=O) groups is 1. The summed E-state index contributed by atoms with van der Waals surface area (Å²) in [5.41, 5.74) is 0. The molecule has 53 valence electrons. The van der Waals surface area contributed by atoms with Crippen LogP contribution in [0.3, 0.4) is 0 Å². The maximum Gasteiger partial charge on any atom is 0.134 e. The Balaban J connectivity index is 3.17. The Kier molecular flexibility index (Phi) is 4.32. The van der Waals surface area contributed by atoms with Crippen molar-refractivity contribution >= 4 is 5.78 Å². The summed E-state index contributed by atoms with van der Waals surface area (Å²) in [6.07, 6.45) is 1.06. The van der Waals surface area contributed by atoms with Gasteiger partial charge in [-0.05, 0) is 21.0 Å². The molecule has 0 saturated heterocycles. The summed E-state index contributed by atoms with van der Waals surface area (Å²) in [6, 6.07) is 0. The van der Waals surface area contributed by atoms with E-state index < -0.39 is 0 Å². The Labute approximate surface area is 56.9 Å². The molecular formula is C7H14NO. The first kappa shape index (κ1) is 8.63. The van der Waals surface area contributed by atoms with Gasteiger partial charge in [-0.2, -0.15) is 0 Å². The number of carbonyl (C=O) groups excluding carboxylic acids is 1. The summed E-state index contributed by atoms with van der Waals surface area (Å²) in [5, 5.41) is 0. The van der Waals surface area contributed by atoms with Crippen LogP contribution in [0.5, 0.6) is 0 Å². The van der Waals surface area contributed by atoms with Crippen molar-refractivity contribution < 1.29 is 4.79 Å². The van der Waals surface area contributed by atoms with E-state index in [2.05, 4.69) is 6.92 Å². The third kappa shape index (κ3) is 5.50. The van der Waals surface area contributed by atoms with Crippen molar-refractivity contribution in [2.24, 2.45) is 0 Å². The summed E-state index contributed by atoms with van der Waals surface area (Å²) >= 11 is 0. The molecule has 0 fully saturated rings. The van der Waals surface area contributed by atoms with Gasteiger partial charge in [0.1, 0.15) is 5.78 Å². The topological polar surface area (TPSA) is 20.3 Å². The maximum atomic E-state index is 10.6. The molecule has 9 heavy (non-hydrogen) atoms. The van der Waals surface area contributed by atoms with Gasteiger partial charge in [0, 0.05) is 19.4 Å². The average Bonchev–Trinajstić information content (AvgIpc) is 1.83. The van der Waals surface area contributed by atoms with Gasteiger partial charge in [-0.25, -0.2) is 0 Å². The van der Waals surface area contributed by atoms with Crippen molar-refractivity contribution in [3.63, 3.8) is 0 Å². The molecule has 1 radical (unpaired) electrons. The zero-order valence-corrected chi connectivity index (χ0v) is 6.18. The van der Waals surface area contributed by atoms with Gasteiger partial charge in [0.2, 0.25) is 0 Å². The minimum absolute atomic E-state index is 0.240. The van der Waals surface area contributed by atoms with Gasteiger partial charge in [-0.1, -0.05) is 0 Å². The van der Waals surface area contributed by atoms with Crippen molar-refractivity contribution in [2.45, 2.75) is 12.8 Å². The second-order valence-electron chi connectivity index (χ2n) is 2.34. The van der Waals surface area contributed by atoms with Crippen LogP contribution in [0.25, 0.3) is 0 Å². The molecule has 0 atom stereocenters. The molecule has 0 aliphatic rings. The Bertz CT molecular complexity index is 88.9. The fourth-order valence-electron chi connectivity index (χ4n) is 0.473. The predicted molar refractivity (Wildman–Crippen MR) is 38.2 cm³/mol. The lowest BCUT2D eigenvalue weighted by Gasteiger charge is -2.06. The van der Waals surface area contributed by atoms with Crippen LogP contribution in [0.15, 0.2) is 0 Å². The standard InChI is InChI=1S/C7H14NO/c1-4-7(9)5-6-8(2)3/h1,4-6H2,2-3H3. The van der Waals surface area contributed by atoms with Gasteiger partial charge in [-0.15, -0.1) is 0 Å². The molecule has 2 heteroatoms. The highest BCUT2D eigenvalue weighted by molar-refractivity contribution is 5.78. The van der Waals surface area contributed by atoms with Crippen LogP contribution in [0.1, 0.15) is 12.8 Å². The molecule has 0 heterocycles. The minimum Gasteiger partial charge on any atom is -0.309 e. The van der Waals surface area contributed by atoms with Gasteiger partial charge < -0.3 is 4.90 Å². The average molecular weight is 128 g/mol. The Morgan fingerprint density at radius 3 is 2.44 bits per heavy atom. The Morgan fingerprint density at radius 2 is 2.11 bits per heavy atom. The smallest absolute Gasteiger partial charge is 0.134 e. The highest BCUT2D eigenvalue weighted by Gasteiger charge is 1.97. The van der Waals surface area contributed by atoms with Crippen LogP contribution in [0.2, 0.25) is 0 Å². The van der Waals surface area contributed by atoms with E-state index >= 15 is 0 Å². The maximum absolute atomic E-state index is 10.6. The van der Waals surface area contributed by atoms with Gasteiger partial charge >= 0.3 is 0 Å². The summed E-state index contributed by atoms with van der Waals surface area (Å²) in [4.78, 5) is 12.6. The fraction of sp³-hybridized carbons (Fsp3) is 0.714. The molecule has 0 aliphatic heterocycles. The van der Waals surface area contributed by atoms with E-state index in [1.807, 2.05) is 19.0 Å². The van der Waals surface area contributed by atoms with E-state index in [-0.39, 0.29) is 5.78 Å². The first-order valence-electron chi connectivity index (χ1n) is 3.12. The SMILES string of the molecule is [CH2]CC(=O)CCN(C)C. The van der Waals surface area contributed by atoms with Crippen LogP contribution in [0, 0.1) is 6.92 Å². The monoisotopic (exact) mass is 128 g/mol. The van der Waals surface area contributed by atoms with Gasteiger partial charge in [0.05, 0.1) is 0 Å². The molecule has 0 aromatic heterocycles. The molecular weight excluding hydrogens is 114 g/mol. The molecule has 2 nitrogen and oxygen atoms in total. The number of rotatable bonds is 4. The lowest BCUT2D eigenvalue weighted by atomic mass is 10.2. The number of hydrogen-bond acceptors (Lipinski definition) is 2. The van der Waals surface area contributed by atoms with Crippen molar-refractivity contribution in [3.05, 3.63) is 6.92 Å². The highest BCUT2D eigenvalue weighted by atomic mass is 16.1. The van der Waals surface area contributed by atoms with Crippen molar-refractivity contribution in [1.82, 2.24) is 4.90 Å². The first-order chi connectivity index (χ1) is 4.16. The zero-order chi connectivity index (χ0) is 7.28. The van der Waals surface area contributed by atoms with E-state index in [0.29, 0.717) is 12.8 Å². The molecule has 0 rings (SSSR count). The molecule has 0 N–H and O–H groups in total. The van der Waals surface area contributed by atoms with Gasteiger partial charge in [-0.3, -0.25) is 4.79 Å². The van der Waals surface area contributed by atoms with Crippen LogP contribution >= 0.6 is 0 Å². The van der Waals surface area contributed by atoms with E-state index in [1.165, 1.54) is 0 Å². The van der Waals surface area contributed by atoms with Crippen molar-refractivity contribution in [1.29, 1.82) is 0 Å². The molecule has 0 bridgehead atoms. The van der Waals surface area contributed by atoms with E-state index in [1.54, 1.807) is 0 Å². The van der Waals surface area contributed by atoms with Gasteiger partial charge in [0.25, 0.3) is 0 Å². The number of hydrogen-bond donors (Lipinski definition) is 0.